The van der Waals surface area contributed by atoms with E-state index in [9.17, 15) is 4.79 Å². The van der Waals surface area contributed by atoms with Crippen molar-refractivity contribution in [3.05, 3.63) is 53.5 Å². The molecule has 1 aromatic carbocycles. The Hall–Kier alpha value is -2.89. The quantitative estimate of drug-likeness (QED) is 0.637. The minimum atomic E-state index is -0.253. The average Bonchev–Trinajstić information content (AvgIpc) is 2.89. The molecule has 0 saturated carbocycles. The van der Waals surface area contributed by atoms with Crippen LogP contribution in [0.15, 0.2) is 36.5 Å². The standard InChI is InChI=1S/C15H15N5O/c1-9-3-2-6-17-13(9)8-18-15(21)14-11-7-10(16)4-5-12(11)19-20-14/h2-7H,8,16H2,1H3,(H,18,21)(H,19,20). The Morgan fingerprint density at radius 1 is 1.38 bits per heavy atom. The van der Waals surface area contributed by atoms with Gasteiger partial charge in [-0.3, -0.25) is 14.9 Å². The zero-order chi connectivity index (χ0) is 14.8. The molecule has 6 nitrogen and oxygen atoms in total. The van der Waals surface area contributed by atoms with E-state index >= 15 is 0 Å². The lowest BCUT2D eigenvalue weighted by Gasteiger charge is -2.05. The molecule has 2 heterocycles. The van der Waals surface area contributed by atoms with E-state index in [-0.39, 0.29) is 5.91 Å². The number of hydrogen-bond donors (Lipinski definition) is 3. The van der Waals surface area contributed by atoms with Gasteiger partial charge in [0.15, 0.2) is 5.69 Å². The molecule has 4 N–H and O–H groups in total. The average molecular weight is 281 g/mol. The van der Waals surface area contributed by atoms with Gasteiger partial charge >= 0.3 is 0 Å². The first-order valence-corrected chi connectivity index (χ1v) is 6.57. The highest BCUT2D eigenvalue weighted by Crippen LogP contribution is 2.18. The molecular formula is C15H15N5O. The second-order valence-electron chi connectivity index (χ2n) is 4.83. The molecule has 0 radical (unpaired) electrons. The molecule has 106 valence electrons. The van der Waals surface area contributed by atoms with Crippen molar-refractivity contribution in [2.75, 3.05) is 5.73 Å². The zero-order valence-corrected chi connectivity index (χ0v) is 11.6. The fraction of sp³-hybridized carbons (Fsp3) is 0.133. The van der Waals surface area contributed by atoms with Crippen LogP contribution in [0.2, 0.25) is 0 Å². The lowest BCUT2D eigenvalue weighted by atomic mass is 10.1. The maximum atomic E-state index is 12.3. The summed E-state index contributed by atoms with van der Waals surface area (Å²) in [4.78, 5) is 16.5. The minimum absolute atomic E-state index is 0.253. The number of aryl methyl sites for hydroxylation is 1. The van der Waals surface area contributed by atoms with Crippen molar-refractivity contribution in [2.24, 2.45) is 0 Å². The first kappa shape index (κ1) is 13.1. The number of nitrogens with one attached hydrogen (secondary N) is 2. The molecule has 0 aliphatic rings. The van der Waals surface area contributed by atoms with Crippen molar-refractivity contribution in [3.8, 4) is 0 Å². The summed E-state index contributed by atoms with van der Waals surface area (Å²) < 4.78 is 0. The van der Waals surface area contributed by atoms with E-state index in [0.717, 1.165) is 16.8 Å². The number of aromatic nitrogens is 3. The highest BCUT2D eigenvalue weighted by Gasteiger charge is 2.14. The van der Waals surface area contributed by atoms with Crippen LogP contribution in [0.4, 0.5) is 5.69 Å². The largest absolute Gasteiger partial charge is 0.399 e. The van der Waals surface area contributed by atoms with E-state index in [1.807, 2.05) is 19.1 Å². The van der Waals surface area contributed by atoms with Crippen molar-refractivity contribution in [1.29, 1.82) is 0 Å². The maximum Gasteiger partial charge on any atom is 0.272 e. The molecule has 21 heavy (non-hydrogen) atoms. The Morgan fingerprint density at radius 2 is 2.24 bits per heavy atom. The Labute approximate surface area is 121 Å². The summed E-state index contributed by atoms with van der Waals surface area (Å²) in [6, 6.07) is 9.13. The van der Waals surface area contributed by atoms with Gasteiger partial charge in [0.1, 0.15) is 0 Å². The van der Waals surface area contributed by atoms with Crippen molar-refractivity contribution in [2.45, 2.75) is 13.5 Å². The molecule has 0 aliphatic heterocycles. The second-order valence-corrected chi connectivity index (χ2v) is 4.83. The molecule has 6 heteroatoms. The van der Waals surface area contributed by atoms with Crippen LogP contribution in [-0.2, 0) is 6.54 Å². The summed E-state index contributed by atoms with van der Waals surface area (Å²) in [6.45, 7) is 2.32. The number of hydrogen-bond acceptors (Lipinski definition) is 4. The summed E-state index contributed by atoms with van der Waals surface area (Å²) in [5.41, 5.74) is 9.34. The normalized spacial score (nSPS) is 10.7. The number of amides is 1. The molecule has 3 aromatic rings. The SMILES string of the molecule is Cc1cccnc1CNC(=O)c1n[nH]c2ccc(N)cc12. The third-order valence-electron chi connectivity index (χ3n) is 3.34. The number of benzene rings is 1. The Kier molecular flexibility index (Phi) is 3.27. The monoisotopic (exact) mass is 281 g/mol. The number of nitrogens with two attached hydrogens (primary N) is 1. The van der Waals surface area contributed by atoms with E-state index in [1.165, 1.54) is 0 Å². The van der Waals surface area contributed by atoms with Crippen molar-refractivity contribution in [3.63, 3.8) is 0 Å². The maximum absolute atomic E-state index is 12.3. The van der Waals surface area contributed by atoms with Gasteiger partial charge in [-0.15, -0.1) is 0 Å². The molecule has 0 spiro atoms. The third-order valence-corrected chi connectivity index (χ3v) is 3.34. The Balaban J connectivity index is 1.81. The van der Waals surface area contributed by atoms with Crippen LogP contribution in [-0.4, -0.2) is 21.1 Å². The molecule has 0 unspecified atom stereocenters. The molecule has 0 bridgehead atoms. The summed E-state index contributed by atoms with van der Waals surface area (Å²) in [5.74, 6) is -0.253. The smallest absolute Gasteiger partial charge is 0.272 e. The molecular weight excluding hydrogens is 266 g/mol. The van der Waals surface area contributed by atoms with Crippen molar-refractivity contribution in [1.82, 2.24) is 20.5 Å². The van der Waals surface area contributed by atoms with Gasteiger partial charge in [0.2, 0.25) is 0 Å². The number of anilines is 1. The van der Waals surface area contributed by atoms with Crippen LogP contribution < -0.4 is 11.1 Å². The predicted molar refractivity (Wildman–Crippen MR) is 80.7 cm³/mol. The number of pyridine rings is 1. The molecule has 2 aromatic heterocycles. The minimum Gasteiger partial charge on any atom is -0.399 e. The Morgan fingerprint density at radius 3 is 3.05 bits per heavy atom. The van der Waals surface area contributed by atoms with Gasteiger partial charge in [0, 0.05) is 17.3 Å². The van der Waals surface area contributed by atoms with Gasteiger partial charge in [-0.2, -0.15) is 5.10 Å². The topological polar surface area (TPSA) is 96.7 Å². The molecule has 0 atom stereocenters. The van der Waals surface area contributed by atoms with Gasteiger partial charge in [0.05, 0.1) is 17.8 Å². The van der Waals surface area contributed by atoms with Gasteiger partial charge in [0.25, 0.3) is 5.91 Å². The van der Waals surface area contributed by atoms with Crippen LogP contribution in [0.3, 0.4) is 0 Å². The first-order valence-electron chi connectivity index (χ1n) is 6.57. The predicted octanol–water partition coefficient (Wildman–Crippen LogP) is 1.78. The fourth-order valence-electron chi connectivity index (χ4n) is 2.16. The summed E-state index contributed by atoms with van der Waals surface area (Å²) >= 11 is 0. The lowest BCUT2D eigenvalue weighted by Crippen LogP contribution is -2.24. The van der Waals surface area contributed by atoms with Gasteiger partial charge in [-0.05, 0) is 36.8 Å². The Bertz CT molecular complexity index is 809. The van der Waals surface area contributed by atoms with Crippen LogP contribution in [0.5, 0.6) is 0 Å². The van der Waals surface area contributed by atoms with E-state index in [1.54, 1.807) is 24.4 Å². The number of carbonyl (C=O) groups is 1. The lowest BCUT2D eigenvalue weighted by molar-refractivity contribution is 0.0947. The third kappa shape index (κ3) is 2.55. The van der Waals surface area contributed by atoms with Crippen LogP contribution >= 0.6 is 0 Å². The van der Waals surface area contributed by atoms with E-state index in [0.29, 0.717) is 23.3 Å². The fourth-order valence-corrected chi connectivity index (χ4v) is 2.16. The van der Waals surface area contributed by atoms with Crippen LogP contribution in [0.1, 0.15) is 21.7 Å². The summed E-state index contributed by atoms with van der Waals surface area (Å²) in [5, 5.41) is 10.4. The van der Waals surface area contributed by atoms with E-state index < -0.39 is 0 Å². The van der Waals surface area contributed by atoms with Crippen molar-refractivity contribution < 1.29 is 4.79 Å². The summed E-state index contributed by atoms with van der Waals surface area (Å²) in [6.07, 6.45) is 1.71. The zero-order valence-electron chi connectivity index (χ0n) is 11.6. The molecule has 0 aliphatic carbocycles. The number of aromatic amines is 1. The molecule has 3 rings (SSSR count). The number of carbonyl (C=O) groups excluding carboxylic acids is 1. The van der Waals surface area contributed by atoms with Gasteiger partial charge in [-0.1, -0.05) is 6.07 Å². The number of nitrogens with zero attached hydrogens (tertiary/aromatic N) is 2. The summed E-state index contributed by atoms with van der Waals surface area (Å²) in [7, 11) is 0. The molecule has 0 saturated heterocycles. The first-order chi connectivity index (χ1) is 10.1. The van der Waals surface area contributed by atoms with E-state index in [4.69, 9.17) is 5.73 Å². The number of H-pyrrole nitrogens is 1. The van der Waals surface area contributed by atoms with E-state index in [2.05, 4.69) is 20.5 Å². The number of nitrogen functional groups attached to an aromatic ring is 1. The van der Waals surface area contributed by atoms with Gasteiger partial charge < -0.3 is 11.1 Å². The van der Waals surface area contributed by atoms with Crippen LogP contribution in [0, 0.1) is 6.92 Å². The van der Waals surface area contributed by atoms with Gasteiger partial charge in [-0.25, -0.2) is 0 Å². The highest BCUT2D eigenvalue weighted by molar-refractivity contribution is 6.05. The molecule has 0 fully saturated rings. The van der Waals surface area contributed by atoms with Crippen LogP contribution in [0.25, 0.3) is 10.9 Å². The number of fused-ring (bicyclic) bond motifs is 1. The number of rotatable bonds is 3. The second kappa shape index (κ2) is 5.24. The van der Waals surface area contributed by atoms with Crippen molar-refractivity contribution >= 4 is 22.5 Å². The molecule has 1 amide bonds. The highest BCUT2D eigenvalue weighted by atomic mass is 16.1.